The lowest BCUT2D eigenvalue weighted by Crippen LogP contribution is -2.12. The first-order chi connectivity index (χ1) is 9.61. The monoisotopic (exact) mass is 395 g/mol. The van der Waals surface area contributed by atoms with E-state index in [2.05, 4.69) is 37.2 Å². The number of hydrogen-bond donors (Lipinski definition) is 1. The smallest absolute Gasteiger partial charge is 0.255 e. The average molecular weight is 397 g/mol. The zero-order valence-electron chi connectivity index (χ0n) is 10.5. The molecule has 0 atom stereocenters. The van der Waals surface area contributed by atoms with Crippen molar-refractivity contribution >= 4 is 43.5 Å². The number of anilines is 1. The van der Waals surface area contributed by atoms with E-state index in [1.165, 1.54) is 0 Å². The number of amides is 1. The molecular formula is C15H11Br2NO2. The molecule has 1 heterocycles. The third-order valence-electron chi connectivity index (χ3n) is 3.07. The van der Waals surface area contributed by atoms with E-state index in [1.807, 2.05) is 24.3 Å². The van der Waals surface area contributed by atoms with E-state index >= 15 is 0 Å². The lowest BCUT2D eigenvalue weighted by atomic mass is 10.1. The molecule has 3 rings (SSSR count). The van der Waals surface area contributed by atoms with Gasteiger partial charge in [0.15, 0.2) is 0 Å². The van der Waals surface area contributed by atoms with E-state index in [1.54, 1.807) is 12.1 Å². The molecule has 0 radical (unpaired) electrons. The molecule has 2 aromatic carbocycles. The third kappa shape index (κ3) is 2.88. The highest BCUT2D eigenvalue weighted by Crippen LogP contribution is 2.28. The molecule has 102 valence electrons. The average Bonchev–Trinajstić information content (AvgIpc) is 2.85. The predicted octanol–water partition coefficient (Wildman–Crippen LogP) is 4.40. The number of nitrogens with one attached hydrogen (secondary N) is 1. The number of rotatable bonds is 2. The standard InChI is InChI=1S/C15H11Br2NO2/c16-11-5-10(6-12(17)8-11)15(19)18-13-1-2-14-9(7-13)3-4-20-14/h1-2,5-8H,3-4H2,(H,18,19). The molecule has 3 nitrogen and oxygen atoms in total. The van der Waals surface area contributed by atoms with Crippen LogP contribution < -0.4 is 10.1 Å². The summed E-state index contributed by atoms with van der Waals surface area (Å²) in [4.78, 5) is 12.2. The van der Waals surface area contributed by atoms with Crippen LogP contribution in [0.5, 0.6) is 5.75 Å². The van der Waals surface area contributed by atoms with Gasteiger partial charge in [-0.25, -0.2) is 0 Å². The Balaban J connectivity index is 1.82. The first kappa shape index (κ1) is 13.6. The van der Waals surface area contributed by atoms with E-state index in [4.69, 9.17) is 4.74 Å². The van der Waals surface area contributed by atoms with Crippen LogP contribution in [0.4, 0.5) is 5.69 Å². The van der Waals surface area contributed by atoms with E-state index in [-0.39, 0.29) is 5.91 Å². The molecule has 0 spiro atoms. The Labute approximate surface area is 133 Å². The highest BCUT2D eigenvalue weighted by atomic mass is 79.9. The van der Waals surface area contributed by atoms with Gasteiger partial charge in [0.2, 0.25) is 0 Å². The van der Waals surface area contributed by atoms with Crippen molar-refractivity contribution in [2.75, 3.05) is 11.9 Å². The maximum Gasteiger partial charge on any atom is 0.255 e. The fraction of sp³-hybridized carbons (Fsp3) is 0.133. The molecule has 2 aromatic rings. The van der Waals surface area contributed by atoms with Gasteiger partial charge in [-0.3, -0.25) is 4.79 Å². The topological polar surface area (TPSA) is 38.3 Å². The largest absolute Gasteiger partial charge is 0.493 e. The van der Waals surface area contributed by atoms with Crippen molar-refractivity contribution < 1.29 is 9.53 Å². The Bertz CT molecular complexity index is 665. The lowest BCUT2D eigenvalue weighted by molar-refractivity contribution is 0.102. The van der Waals surface area contributed by atoms with Gasteiger partial charge in [-0.15, -0.1) is 0 Å². The van der Waals surface area contributed by atoms with E-state index in [0.717, 1.165) is 32.4 Å². The quantitative estimate of drug-likeness (QED) is 0.816. The summed E-state index contributed by atoms with van der Waals surface area (Å²) in [5, 5.41) is 2.91. The van der Waals surface area contributed by atoms with E-state index < -0.39 is 0 Å². The summed E-state index contributed by atoms with van der Waals surface area (Å²) >= 11 is 6.76. The first-order valence-electron chi connectivity index (χ1n) is 6.15. The summed E-state index contributed by atoms with van der Waals surface area (Å²) in [7, 11) is 0. The maximum absolute atomic E-state index is 12.2. The number of hydrogen-bond acceptors (Lipinski definition) is 2. The SMILES string of the molecule is O=C(Nc1ccc2c(c1)CCO2)c1cc(Br)cc(Br)c1. The molecular weight excluding hydrogens is 386 g/mol. The molecule has 1 N–H and O–H groups in total. The minimum Gasteiger partial charge on any atom is -0.493 e. The van der Waals surface area contributed by atoms with Crippen molar-refractivity contribution in [2.24, 2.45) is 0 Å². The van der Waals surface area contributed by atoms with Crippen molar-refractivity contribution in [2.45, 2.75) is 6.42 Å². The van der Waals surface area contributed by atoms with Crippen molar-refractivity contribution in [1.82, 2.24) is 0 Å². The Morgan fingerprint density at radius 1 is 1.10 bits per heavy atom. The molecule has 20 heavy (non-hydrogen) atoms. The predicted molar refractivity (Wildman–Crippen MR) is 85.4 cm³/mol. The van der Waals surface area contributed by atoms with E-state index in [9.17, 15) is 4.79 Å². The number of carbonyl (C=O) groups excluding carboxylic acids is 1. The second kappa shape index (κ2) is 5.58. The summed E-state index contributed by atoms with van der Waals surface area (Å²) < 4.78 is 7.17. The van der Waals surface area contributed by atoms with Crippen LogP contribution in [0, 0.1) is 0 Å². The number of carbonyl (C=O) groups is 1. The van der Waals surface area contributed by atoms with Gasteiger partial charge >= 0.3 is 0 Å². The molecule has 0 unspecified atom stereocenters. The zero-order chi connectivity index (χ0) is 14.1. The summed E-state index contributed by atoms with van der Waals surface area (Å²) in [5.41, 5.74) is 2.52. The van der Waals surface area contributed by atoms with Gasteiger partial charge in [0.05, 0.1) is 6.61 Å². The highest BCUT2D eigenvalue weighted by Gasteiger charge is 2.14. The van der Waals surface area contributed by atoms with Gasteiger partial charge in [0.25, 0.3) is 5.91 Å². The molecule has 5 heteroatoms. The number of benzene rings is 2. The summed E-state index contributed by atoms with van der Waals surface area (Å²) in [6.07, 6.45) is 0.890. The molecule has 0 saturated heterocycles. The van der Waals surface area contributed by atoms with Crippen LogP contribution in [0.2, 0.25) is 0 Å². The van der Waals surface area contributed by atoms with Crippen LogP contribution >= 0.6 is 31.9 Å². The van der Waals surface area contributed by atoms with Gasteiger partial charge in [-0.2, -0.15) is 0 Å². The van der Waals surface area contributed by atoms with Crippen molar-refractivity contribution in [1.29, 1.82) is 0 Å². The van der Waals surface area contributed by atoms with Crippen molar-refractivity contribution in [3.8, 4) is 5.75 Å². The number of fused-ring (bicyclic) bond motifs is 1. The summed E-state index contributed by atoms with van der Waals surface area (Å²) in [5.74, 6) is 0.777. The minimum absolute atomic E-state index is 0.133. The van der Waals surface area contributed by atoms with Crippen LogP contribution in [0.25, 0.3) is 0 Å². The van der Waals surface area contributed by atoms with Crippen molar-refractivity contribution in [3.63, 3.8) is 0 Å². The molecule has 0 aliphatic carbocycles. The van der Waals surface area contributed by atoms with Crippen LogP contribution in [0.3, 0.4) is 0 Å². The Morgan fingerprint density at radius 3 is 2.60 bits per heavy atom. The normalized spacial score (nSPS) is 12.7. The molecule has 1 aliphatic heterocycles. The van der Waals surface area contributed by atoms with Crippen LogP contribution in [0.1, 0.15) is 15.9 Å². The van der Waals surface area contributed by atoms with Gasteiger partial charge in [0, 0.05) is 26.6 Å². The molecule has 0 bridgehead atoms. The highest BCUT2D eigenvalue weighted by molar-refractivity contribution is 9.11. The van der Waals surface area contributed by atoms with Crippen molar-refractivity contribution in [3.05, 3.63) is 56.5 Å². The van der Waals surface area contributed by atoms with Gasteiger partial charge in [-0.1, -0.05) is 31.9 Å². The maximum atomic E-state index is 12.2. The molecule has 0 aromatic heterocycles. The van der Waals surface area contributed by atoms with Gasteiger partial charge in [-0.05, 0) is 42.0 Å². The molecule has 0 fully saturated rings. The van der Waals surface area contributed by atoms with Crippen LogP contribution in [0.15, 0.2) is 45.3 Å². The second-order valence-corrected chi connectivity index (χ2v) is 6.36. The summed E-state index contributed by atoms with van der Waals surface area (Å²) in [6, 6.07) is 11.2. The van der Waals surface area contributed by atoms with Gasteiger partial charge < -0.3 is 10.1 Å². The van der Waals surface area contributed by atoms with Crippen LogP contribution in [-0.2, 0) is 6.42 Å². The Hall–Kier alpha value is -1.33. The molecule has 1 amide bonds. The van der Waals surface area contributed by atoms with Crippen LogP contribution in [-0.4, -0.2) is 12.5 Å². The van der Waals surface area contributed by atoms with E-state index in [0.29, 0.717) is 12.2 Å². The zero-order valence-corrected chi connectivity index (χ0v) is 13.6. The van der Waals surface area contributed by atoms with Gasteiger partial charge in [0.1, 0.15) is 5.75 Å². The lowest BCUT2D eigenvalue weighted by Gasteiger charge is -2.08. The second-order valence-electron chi connectivity index (χ2n) is 4.53. The first-order valence-corrected chi connectivity index (χ1v) is 7.73. The fourth-order valence-corrected chi connectivity index (χ4v) is 3.45. The number of halogens is 2. The third-order valence-corrected chi connectivity index (χ3v) is 3.99. The Morgan fingerprint density at radius 2 is 1.85 bits per heavy atom. The number of ether oxygens (including phenoxy) is 1. The fourth-order valence-electron chi connectivity index (χ4n) is 2.15. The summed E-state index contributed by atoms with van der Waals surface area (Å²) in [6.45, 7) is 0.714. The molecule has 1 aliphatic rings. The minimum atomic E-state index is -0.133. The Kier molecular flexibility index (Phi) is 3.81. The molecule has 0 saturated carbocycles.